The number of rotatable bonds is 2. The van der Waals surface area contributed by atoms with Gasteiger partial charge in [0.05, 0.1) is 7.11 Å². The van der Waals surface area contributed by atoms with Gasteiger partial charge in [-0.25, -0.2) is 0 Å². The van der Waals surface area contributed by atoms with Crippen molar-refractivity contribution in [1.29, 1.82) is 0 Å². The summed E-state index contributed by atoms with van der Waals surface area (Å²) in [6.07, 6.45) is 2.78. The molecule has 15 heavy (non-hydrogen) atoms. The molecule has 0 heterocycles. The van der Waals surface area contributed by atoms with Gasteiger partial charge in [0.1, 0.15) is 5.75 Å². The van der Waals surface area contributed by atoms with Gasteiger partial charge in [-0.2, -0.15) is 0 Å². The number of methoxy groups -OCH3 is 1. The number of Topliss-reactive ketones (excluding diaryl/α,β-unsaturated/α-hetero) is 1. The molecule has 1 aromatic carbocycles. The Morgan fingerprint density at radius 3 is 2.87 bits per heavy atom. The molecule has 1 aromatic rings. The number of carbonyl (C=O) groups excluding carboxylic acids is 1. The van der Waals surface area contributed by atoms with E-state index in [1.54, 1.807) is 7.11 Å². The standard InChI is InChI=1S/C13H16O2/c1-3-9-6-10-8-11(15-2)4-5-12(10)13(14)7-9/h4-5,8-9H,3,6-7H2,1-2H3. The van der Waals surface area contributed by atoms with E-state index in [0.717, 1.165) is 29.7 Å². The van der Waals surface area contributed by atoms with E-state index in [-0.39, 0.29) is 5.78 Å². The summed E-state index contributed by atoms with van der Waals surface area (Å²) < 4.78 is 5.17. The van der Waals surface area contributed by atoms with Crippen molar-refractivity contribution in [2.45, 2.75) is 26.2 Å². The monoisotopic (exact) mass is 204 g/mol. The molecule has 0 radical (unpaired) electrons. The van der Waals surface area contributed by atoms with Crippen molar-refractivity contribution in [2.75, 3.05) is 7.11 Å². The molecule has 2 nitrogen and oxygen atoms in total. The third-order valence-electron chi connectivity index (χ3n) is 3.17. The molecule has 1 atom stereocenters. The first-order chi connectivity index (χ1) is 7.24. The van der Waals surface area contributed by atoms with Crippen LogP contribution in [0.4, 0.5) is 0 Å². The van der Waals surface area contributed by atoms with Crippen LogP contribution >= 0.6 is 0 Å². The van der Waals surface area contributed by atoms with Gasteiger partial charge in [-0.05, 0) is 36.1 Å². The SMILES string of the molecule is CCC1CC(=O)c2ccc(OC)cc2C1. The maximum absolute atomic E-state index is 11.8. The van der Waals surface area contributed by atoms with E-state index in [1.165, 1.54) is 0 Å². The minimum atomic E-state index is 0.283. The van der Waals surface area contributed by atoms with Crippen LogP contribution < -0.4 is 4.74 Å². The lowest BCUT2D eigenvalue weighted by molar-refractivity contribution is 0.0947. The lowest BCUT2D eigenvalue weighted by Crippen LogP contribution is -2.19. The molecule has 0 N–H and O–H groups in total. The first-order valence-electron chi connectivity index (χ1n) is 5.44. The van der Waals surface area contributed by atoms with E-state index in [4.69, 9.17) is 4.74 Å². The quantitative estimate of drug-likeness (QED) is 0.740. The molecule has 0 spiro atoms. The highest BCUT2D eigenvalue weighted by molar-refractivity contribution is 5.98. The number of carbonyl (C=O) groups is 1. The van der Waals surface area contributed by atoms with Crippen LogP contribution in [0.5, 0.6) is 5.75 Å². The van der Waals surface area contributed by atoms with Gasteiger partial charge >= 0.3 is 0 Å². The van der Waals surface area contributed by atoms with Gasteiger partial charge in [0.15, 0.2) is 5.78 Å². The van der Waals surface area contributed by atoms with Crippen molar-refractivity contribution >= 4 is 5.78 Å². The van der Waals surface area contributed by atoms with Crippen molar-refractivity contribution < 1.29 is 9.53 Å². The second-order valence-corrected chi connectivity index (χ2v) is 4.13. The minimum absolute atomic E-state index is 0.283. The molecule has 2 rings (SSSR count). The highest BCUT2D eigenvalue weighted by Gasteiger charge is 2.23. The van der Waals surface area contributed by atoms with Crippen molar-refractivity contribution in [2.24, 2.45) is 5.92 Å². The van der Waals surface area contributed by atoms with Crippen molar-refractivity contribution in [3.8, 4) is 5.75 Å². The molecule has 0 amide bonds. The maximum atomic E-state index is 11.8. The van der Waals surface area contributed by atoms with Crippen molar-refractivity contribution in [3.05, 3.63) is 29.3 Å². The molecular weight excluding hydrogens is 188 g/mol. The summed E-state index contributed by atoms with van der Waals surface area (Å²) in [6.45, 7) is 2.14. The molecule has 0 saturated carbocycles. The highest BCUT2D eigenvalue weighted by atomic mass is 16.5. The Hall–Kier alpha value is -1.31. The zero-order valence-electron chi connectivity index (χ0n) is 9.25. The summed E-state index contributed by atoms with van der Waals surface area (Å²) in [5.41, 5.74) is 2.04. The second kappa shape index (κ2) is 4.05. The first kappa shape index (κ1) is 10.2. The highest BCUT2D eigenvalue weighted by Crippen LogP contribution is 2.29. The fraction of sp³-hybridized carbons (Fsp3) is 0.462. The van der Waals surface area contributed by atoms with E-state index < -0.39 is 0 Å². The van der Waals surface area contributed by atoms with Crippen molar-refractivity contribution in [3.63, 3.8) is 0 Å². The smallest absolute Gasteiger partial charge is 0.163 e. The van der Waals surface area contributed by atoms with Crippen LogP contribution in [0.25, 0.3) is 0 Å². The number of hydrogen-bond donors (Lipinski definition) is 0. The van der Waals surface area contributed by atoms with Crippen LogP contribution in [-0.2, 0) is 6.42 Å². The summed E-state index contributed by atoms with van der Waals surface area (Å²) in [6, 6.07) is 5.75. The molecule has 0 saturated heterocycles. The Balaban J connectivity index is 2.37. The first-order valence-corrected chi connectivity index (χ1v) is 5.44. The Bertz CT molecular complexity index is 382. The predicted octanol–water partition coefficient (Wildman–Crippen LogP) is 2.85. The lowest BCUT2D eigenvalue weighted by Gasteiger charge is -2.22. The summed E-state index contributed by atoms with van der Waals surface area (Å²) in [5, 5.41) is 0. The van der Waals surface area contributed by atoms with Crippen LogP contribution in [-0.4, -0.2) is 12.9 Å². The number of fused-ring (bicyclic) bond motifs is 1. The third kappa shape index (κ3) is 1.89. The van der Waals surface area contributed by atoms with Crippen LogP contribution in [0.1, 0.15) is 35.7 Å². The van der Waals surface area contributed by atoms with E-state index in [9.17, 15) is 4.79 Å². The van der Waals surface area contributed by atoms with Gasteiger partial charge in [-0.1, -0.05) is 13.3 Å². The number of benzene rings is 1. The number of hydrogen-bond acceptors (Lipinski definition) is 2. The fourth-order valence-corrected chi connectivity index (χ4v) is 2.18. The van der Waals surface area contributed by atoms with Gasteiger partial charge in [-0.15, -0.1) is 0 Å². The topological polar surface area (TPSA) is 26.3 Å². The molecule has 2 heteroatoms. The van der Waals surface area contributed by atoms with Crippen LogP contribution in [0, 0.1) is 5.92 Å². The minimum Gasteiger partial charge on any atom is -0.497 e. The molecule has 1 aliphatic carbocycles. The average molecular weight is 204 g/mol. The molecule has 0 bridgehead atoms. The van der Waals surface area contributed by atoms with E-state index in [2.05, 4.69) is 6.92 Å². The summed E-state index contributed by atoms with van der Waals surface area (Å²) in [7, 11) is 1.66. The molecule has 0 aromatic heterocycles. The molecule has 0 aliphatic heterocycles. The zero-order valence-corrected chi connectivity index (χ0v) is 9.25. The molecule has 0 fully saturated rings. The lowest BCUT2D eigenvalue weighted by atomic mass is 9.82. The average Bonchev–Trinajstić information content (AvgIpc) is 2.28. The van der Waals surface area contributed by atoms with E-state index in [1.807, 2.05) is 18.2 Å². The summed E-state index contributed by atoms with van der Waals surface area (Å²) >= 11 is 0. The molecule has 1 aliphatic rings. The summed E-state index contributed by atoms with van der Waals surface area (Å²) in [4.78, 5) is 11.8. The van der Waals surface area contributed by atoms with Gasteiger partial charge < -0.3 is 4.74 Å². The predicted molar refractivity (Wildman–Crippen MR) is 59.4 cm³/mol. The second-order valence-electron chi connectivity index (χ2n) is 4.13. The van der Waals surface area contributed by atoms with E-state index >= 15 is 0 Å². The Morgan fingerprint density at radius 1 is 1.40 bits per heavy atom. The number of ether oxygens (including phenoxy) is 1. The fourth-order valence-electron chi connectivity index (χ4n) is 2.18. The van der Waals surface area contributed by atoms with Crippen LogP contribution in [0.3, 0.4) is 0 Å². The van der Waals surface area contributed by atoms with E-state index in [0.29, 0.717) is 12.3 Å². The van der Waals surface area contributed by atoms with Crippen LogP contribution in [0.2, 0.25) is 0 Å². The summed E-state index contributed by atoms with van der Waals surface area (Å²) in [5.74, 6) is 1.64. The maximum Gasteiger partial charge on any atom is 0.163 e. The molecule has 80 valence electrons. The Labute approximate surface area is 90.3 Å². The van der Waals surface area contributed by atoms with Gasteiger partial charge in [0.2, 0.25) is 0 Å². The van der Waals surface area contributed by atoms with Crippen molar-refractivity contribution in [1.82, 2.24) is 0 Å². The number of ketones is 1. The zero-order chi connectivity index (χ0) is 10.8. The Kier molecular flexibility index (Phi) is 2.76. The molecule has 1 unspecified atom stereocenters. The van der Waals surface area contributed by atoms with Crippen LogP contribution in [0.15, 0.2) is 18.2 Å². The van der Waals surface area contributed by atoms with Gasteiger partial charge in [-0.3, -0.25) is 4.79 Å². The van der Waals surface area contributed by atoms with Gasteiger partial charge in [0.25, 0.3) is 0 Å². The third-order valence-corrected chi connectivity index (χ3v) is 3.17. The molecular formula is C13H16O2. The normalized spacial score (nSPS) is 19.9. The Morgan fingerprint density at radius 2 is 2.20 bits per heavy atom. The van der Waals surface area contributed by atoms with Gasteiger partial charge in [0, 0.05) is 12.0 Å². The largest absolute Gasteiger partial charge is 0.497 e.